The second kappa shape index (κ2) is 6.03. The predicted octanol–water partition coefficient (Wildman–Crippen LogP) is 2.97. The Morgan fingerprint density at radius 3 is 1.96 bits per heavy atom. The molecule has 2 amide bonds. The molecule has 1 unspecified atom stereocenters. The van der Waals surface area contributed by atoms with E-state index in [1.807, 2.05) is 4.90 Å². The number of amides is 2. The molecule has 1 atom stereocenters. The molecule has 4 saturated carbocycles. The van der Waals surface area contributed by atoms with Crippen LogP contribution in [0.5, 0.6) is 0 Å². The molecule has 134 valence electrons. The molecule has 1 saturated heterocycles. The molecule has 4 nitrogen and oxygen atoms in total. The Bertz CT molecular complexity index is 486. The minimum atomic E-state index is 0.0944. The molecular weight excluding hydrogens is 300 g/mol. The van der Waals surface area contributed by atoms with Gasteiger partial charge < -0.3 is 10.2 Å². The van der Waals surface area contributed by atoms with Gasteiger partial charge >= 0.3 is 0 Å². The summed E-state index contributed by atoms with van der Waals surface area (Å²) in [6, 6.07) is 0.309. The summed E-state index contributed by atoms with van der Waals surface area (Å²) in [4.78, 5) is 26.1. The first kappa shape index (κ1) is 16.4. The van der Waals surface area contributed by atoms with Gasteiger partial charge in [-0.3, -0.25) is 9.59 Å². The monoisotopic (exact) mass is 332 g/mol. The first-order valence-corrected chi connectivity index (χ1v) is 10.0. The average Bonchev–Trinajstić information content (AvgIpc) is 2.53. The molecule has 4 aliphatic carbocycles. The topological polar surface area (TPSA) is 49.4 Å². The molecule has 0 aromatic heterocycles. The Morgan fingerprint density at radius 1 is 1.00 bits per heavy atom. The van der Waals surface area contributed by atoms with Gasteiger partial charge in [0.1, 0.15) is 0 Å². The van der Waals surface area contributed by atoms with E-state index in [4.69, 9.17) is 0 Å². The van der Waals surface area contributed by atoms with Crippen LogP contribution in [-0.4, -0.2) is 35.8 Å². The normalized spacial score (nSPS) is 39.8. The van der Waals surface area contributed by atoms with E-state index in [0.717, 1.165) is 43.7 Å². The molecule has 4 bridgehead atoms. The SMILES string of the molecule is CC(=O)N1CCC(C(=O)NC(C)C23CC4CC(CC(C4)C2)C3)CC1. The summed E-state index contributed by atoms with van der Waals surface area (Å²) >= 11 is 0. The zero-order chi connectivity index (χ0) is 16.9. The molecule has 0 aromatic carbocycles. The van der Waals surface area contributed by atoms with Crippen LogP contribution >= 0.6 is 0 Å². The lowest BCUT2D eigenvalue weighted by atomic mass is 9.48. The number of nitrogens with one attached hydrogen (secondary N) is 1. The largest absolute Gasteiger partial charge is 0.353 e. The van der Waals surface area contributed by atoms with Crippen molar-refractivity contribution >= 4 is 11.8 Å². The van der Waals surface area contributed by atoms with Gasteiger partial charge in [-0.15, -0.1) is 0 Å². The number of nitrogens with zero attached hydrogens (tertiary/aromatic N) is 1. The van der Waals surface area contributed by atoms with Gasteiger partial charge in [0, 0.05) is 32.0 Å². The summed E-state index contributed by atoms with van der Waals surface area (Å²) in [7, 11) is 0. The number of rotatable bonds is 3. The van der Waals surface area contributed by atoms with Crippen LogP contribution in [0.15, 0.2) is 0 Å². The lowest BCUT2D eigenvalue weighted by Crippen LogP contribution is -2.56. The van der Waals surface area contributed by atoms with Gasteiger partial charge in [-0.2, -0.15) is 0 Å². The minimum Gasteiger partial charge on any atom is -0.353 e. The van der Waals surface area contributed by atoms with Crippen LogP contribution in [0.1, 0.15) is 65.2 Å². The molecule has 0 aromatic rings. The van der Waals surface area contributed by atoms with E-state index in [-0.39, 0.29) is 17.7 Å². The fourth-order valence-electron chi connectivity index (χ4n) is 6.65. The van der Waals surface area contributed by atoms with E-state index in [9.17, 15) is 9.59 Å². The van der Waals surface area contributed by atoms with Gasteiger partial charge in [-0.1, -0.05) is 0 Å². The molecular formula is C20H32N2O2. The molecule has 4 heteroatoms. The predicted molar refractivity (Wildman–Crippen MR) is 93.2 cm³/mol. The van der Waals surface area contributed by atoms with Crippen LogP contribution in [0.4, 0.5) is 0 Å². The van der Waals surface area contributed by atoms with Gasteiger partial charge in [0.2, 0.25) is 11.8 Å². The molecule has 5 rings (SSSR count). The second-order valence-electron chi connectivity index (χ2n) is 9.29. The lowest BCUT2D eigenvalue weighted by Gasteiger charge is -2.59. The first-order valence-electron chi connectivity index (χ1n) is 10.0. The smallest absolute Gasteiger partial charge is 0.223 e. The maximum atomic E-state index is 12.8. The van der Waals surface area contributed by atoms with Gasteiger partial charge in [0.25, 0.3) is 0 Å². The Kier molecular flexibility index (Phi) is 4.12. The summed E-state index contributed by atoms with van der Waals surface area (Å²) in [6.45, 7) is 5.35. The number of carbonyl (C=O) groups excluding carboxylic acids is 2. The molecule has 1 heterocycles. The van der Waals surface area contributed by atoms with Crippen molar-refractivity contribution in [1.29, 1.82) is 0 Å². The third kappa shape index (κ3) is 2.86. The number of piperidine rings is 1. The first-order chi connectivity index (χ1) is 11.4. The zero-order valence-corrected chi connectivity index (χ0v) is 15.2. The lowest BCUT2D eigenvalue weighted by molar-refractivity contribution is -0.135. The molecule has 0 spiro atoms. The Hall–Kier alpha value is -1.06. The maximum absolute atomic E-state index is 12.8. The average molecular weight is 332 g/mol. The van der Waals surface area contributed by atoms with Gasteiger partial charge in [0.15, 0.2) is 0 Å². The zero-order valence-electron chi connectivity index (χ0n) is 15.2. The van der Waals surface area contributed by atoms with E-state index >= 15 is 0 Å². The third-order valence-corrected chi connectivity index (χ3v) is 7.67. The van der Waals surface area contributed by atoms with Crippen LogP contribution < -0.4 is 5.32 Å². The highest BCUT2D eigenvalue weighted by molar-refractivity contribution is 5.80. The minimum absolute atomic E-state index is 0.0944. The highest BCUT2D eigenvalue weighted by atomic mass is 16.2. The summed E-state index contributed by atoms with van der Waals surface area (Å²) in [6.07, 6.45) is 9.99. The Balaban J connectivity index is 1.35. The second-order valence-corrected chi connectivity index (χ2v) is 9.29. The van der Waals surface area contributed by atoms with E-state index in [1.165, 1.54) is 38.5 Å². The highest BCUT2D eigenvalue weighted by Gasteiger charge is 2.53. The quantitative estimate of drug-likeness (QED) is 0.864. The van der Waals surface area contributed by atoms with Crippen molar-refractivity contribution in [3.8, 4) is 0 Å². The molecule has 1 aliphatic heterocycles. The maximum Gasteiger partial charge on any atom is 0.223 e. The summed E-state index contributed by atoms with van der Waals surface area (Å²) in [5, 5.41) is 3.41. The molecule has 0 radical (unpaired) electrons. The van der Waals surface area contributed by atoms with Crippen LogP contribution in [0, 0.1) is 29.1 Å². The fraction of sp³-hybridized carbons (Fsp3) is 0.900. The van der Waals surface area contributed by atoms with Crippen LogP contribution in [0.25, 0.3) is 0 Å². The molecule has 5 aliphatic rings. The van der Waals surface area contributed by atoms with Gasteiger partial charge in [0.05, 0.1) is 0 Å². The molecule has 1 N–H and O–H groups in total. The van der Waals surface area contributed by atoms with Crippen molar-refractivity contribution in [3.63, 3.8) is 0 Å². The van der Waals surface area contributed by atoms with E-state index in [2.05, 4.69) is 12.2 Å². The Labute approximate surface area is 145 Å². The summed E-state index contributed by atoms with van der Waals surface area (Å²) in [5.74, 6) is 3.24. The third-order valence-electron chi connectivity index (χ3n) is 7.67. The van der Waals surface area contributed by atoms with Crippen molar-refractivity contribution in [2.24, 2.45) is 29.1 Å². The molecule has 24 heavy (non-hydrogen) atoms. The number of hydrogen-bond donors (Lipinski definition) is 1. The van der Waals surface area contributed by atoms with Crippen molar-refractivity contribution < 1.29 is 9.59 Å². The van der Waals surface area contributed by atoms with Crippen molar-refractivity contribution in [3.05, 3.63) is 0 Å². The molecule has 5 fully saturated rings. The summed E-state index contributed by atoms with van der Waals surface area (Å²) in [5.41, 5.74) is 0.379. The highest BCUT2D eigenvalue weighted by Crippen LogP contribution is 2.61. The standard InChI is InChI=1S/C20H32N2O2/c1-13(20-10-15-7-16(11-20)9-17(8-15)12-20)21-19(24)18-3-5-22(6-4-18)14(2)23/h13,15-18H,3-12H2,1-2H3,(H,21,24). The summed E-state index contributed by atoms with van der Waals surface area (Å²) < 4.78 is 0. The van der Waals surface area contributed by atoms with Crippen molar-refractivity contribution in [1.82, 2.24) is 10.2 Å². The fourth-order valence-corrected chi connectivity index (χ4v) is 6.65. The van der Waals surface area contributed by atoms with E-state index in [1.54, 1.807) is 6.92 Å². The van der Waals surface area contributed by atoms with Crippen molar-refractivity contribution in [2.45, 2.75) is 71.3 Å². The number of likely N-dealkylation sites (tertiary alicyclic amines) is 1. The Morgan fingerprint density at radius 2 is 1.50 bits per heavy atom. The van der Waals surface area contributed by atoms with E-state index < -0.39 is 0 Å². The van der Waals surface area contributed by atoms with Crippen LogP contribution in [0.2, 0.25) is 0 Å². The number of carbonyl (C=O) groups is 2. The van der Waals surface area contributed by atoms with Gasteiger partial charge in [-0.05, 0) is 81.5 Å². The van der Waals surface area contributed by atoms with Gasteiger partial charge in [-0.25, -0.2) is 0 Å². The van der Waals surface area contributed by atoms with Crippen LogP contribution in [0.3, 0.4) is 0 Å². The number of hydrogen-bond acceptors (Lipinski definition) is 2. The van der Waals surface area contributed by atoms with Crippen molar-refractivity contribution in [2.75, 3.05) is 13.1 Å². The van der Waals surface area contributed by atoms with Crippen LogP contribution in [-0.2, 0) is 9.59 Å². The van der Waals surface area contributed by atoms with E-state index in [0.29, 0.717) is 11.5 Å².